The highest BCUT2D eigenvalue weighted by atomic mass is 16.4. The van der Waals surface area contributed by atoms with E-state index >= 15 is 0 Å². The largest absolute Gasteiger partial charge is 0.478 e. The number of hydrogen-bond donors (Lipinski definition) is 2. The molecule has 1 atom stereocenters. The summed E-state index contributed by atoms with van der Waals surface area (Å²) in [6.07, 6.45) is 0.938. The standard InChI is InChI=1S/C22H24N2O5/c1-13-17(21(26)27)8-9-18(19(13)22(28)29)14-4-6-15(7-5-14)20(25)24-11-10-16(12-24)23(2)3/h4-9,16H,10-12H2,1-3H3,(H,26,27)(H,28,29)/t16-/m0/s1. The number of carbonyl (C=O) groups is 3. The number of carbonyl (C=O) groups excluding carboxylic acids is 1. The van der Waals surface area contributed by atoms with E-state index in [9.17, 15) is 24.6 Å². The molecule has 2 aromatic rings. The van der Waals surface area contributed by atoms with Gasteiger partial charge in [-0.3, -0.25) is 4.79 Å². The summed E-state index contributed by atoms with van der Waals surface area (Å²) in [5, 5.41) is 18.9. The van der Waals surface area contributed by atoms with Crippen LogP contribution in [0, 0.1) is 6.92 Å². The number of carboxylic acids is 2. The summed E-state index contributed by atoms with van der Waals surface area (Å²) < 4.78 is 0. The Kier molecular flexibility index (Phi) is 5.70. The predicted octanol–water partition coefficient (Wildman–Crippen LogP) is 2.83. The number of amides is 1. The Morgan fingerprint density at radius 1 is 1.00 bits per heavy atom. The van der Waals surface area contributed by atoms with Crippen LogP contribution >= 0.6 is 0 Å². The molecule has 0 unspecified atom stereocenters. The van der Waals surface area contributed by atoms with Crippen LogP contribution in [0.5, 0.6) is 0 Å². The lowest BCUT2D eigenvalue weighted by Gasteiger charge is -2.20. The number of rotatable bonds is 5. The van der Waals surface area contributed by atoms with E-state index in [4.69, 9.17) is 0 Å². The van der Waals surface area contributed by atoms with Crippen molar-refractivity contribution in [3.8, 4) is 11.1 Å². The summed E-state index contributed by atoms with van der Waals surface area (Å²) in [5.74, 6) is -2.40. The van der Waals surface area contributed by atoms with Gasteiger partial charge < -0.3 is 20.0 Å². The monoisotopic (exact) mass is 396 g/mol. The first kappa shape index (κ1) is 20.5. The first-order valence-electron chi connectivity index (χ1n) is 9.37. The number of hydrogen-bond acceptors (Lipinski definition) is 4. The molecule has 2 aromatic carbocycles. The molecule has 0 saturated carbocycles. The van der Waals surface area contributed by atoms with Crippen LogP contribution in [-0.2, 0) is 0 Å². The highest BCUT2D eigenvalue weighted by Gasteiger charge is 2.28. The van der Waals surface area contributed by atoms with Crippen LogP contribution in [0.2, 0.25) is 0 Å². The van der Waals surface area contributed by atoms with Gasteiger partial charge >= 0.3 is 11.9 Å². The van der Waals surface area contributed by atoms with E-state index in [0.29, 0.717) is 35.8 Å². The first-order chi connectivity index (χ1) is 13.7. The van der Waals surface area contributed by atoms with Crippen LogP contribution in [0.1, 0.15) is 43.1 Å². The molecule has 7 nitrogen and oxygen atoms in total. The lowest BCUT2D eigenvalue weighted by Crippen LogP contribution is -2.34. The minimum Gasteiger partial charge on any atom is -0.478 e. The fourth-order valence-corrected chi connectivity index (χ4v) is 3.78. The Morgan fingerprint density at radius 3 is 2.17 bits per heavy atom. The van der Waals surface area contributed by atoms with Crippen LogP contribution < -0.4 is 0 Å². The van der Waals surface area contributed by atoms with Crippen molar-refractivity contribution >= 4 is 17.8 Å². The van der Waals surface area contributed by atoms with Gasteiger partial charge in [0.25, 0.3) is 5.91 Å². The molecule has 1 saturated heterocycles. The fraction of sp³-hybridized carbons (Fsp3) is 0.318. The average molecular weight is 396 g/mol. The van der Waals surface area contributed by atoms with Crippen molar-refractivity contribution in [3.05, 3.63) is 58.7 Å². The van der Waals surface area contributed by atoms with Crippen molar-refractivity contribution in [2.75, 3.05) is 27.2 Å². The van der Waals surface area contributed by atoms with Gasteiger partial charge in [-0.05, 0) is 62.3 Å². The quantitative estimate of drug-likeness (QED) is 0.807. The zero-order valence-electron chi connectivity index (χ0n) is 16.7. The van der Waals surface area contributed by atoms with E-state index in [0.717, 1.165) is 6.42 Å². The third kappa shape index (κ3) is 4.00. The summed E-state index contributed by atoms with van der Waals surface area (Å²) in [7, 11) is 4.01. The van der Waals surface area contributed by atoms with E-state index in [1.165, 1.54) is 19.1 Å². The number of aromatic carboxylic acids is 2. The van der Waals surface area contributed by atoms with Crippen LogP contribution in [0.4, 0.5) is 0 Å². The molecule has 29 heavy (non-hydrogen) atoms. The third-order valence-electron chi connectivity index (χ3n) is 5.53. The summed E-state index contributed by atoms with van der Waals surface area (Å²) >= 11 is 0. The molecule has 152 valence electrons. The normalized spacial score (nSPS) is 16.3. The molecule has 1 heterocycles. The number of likely N-dealkylation sites (N-methyl/N-ethyl adjacent to an activating group) is 1. The Hall–Kier alpha value is -3.19. The fourth-order valence-electron chi connectivity index (χ4n) is 3.78. The molecule has 7 heteroatoms. The topological polar surface area (TPSA) is 98.2 Å². The van der Waals surface area contributed by atoms with Gasteiger partial charge in [-0.1, -0.05) is 18.2 Å². The number of carboxylic acid groups (broad SMARTS) is 2. The molecule has 1 amide bonds. The molecule has 0 bridgehead atoms. The summed E-state index contributed by atoms with van der Waals surface area (Å²) in [6.45, 7) is 2.89. The van der Waals surface area contributed by atoms with E-state index in [1.54, 1.807) is 24.3 Å². The van der Waals surface area contributed by atoms with Crippen LogP contribution in [0.15, 0.2) is 36.4 Å². The minimum atomic E-state index is -1.19. The molecule has 1 aliphatic heterocycles. The number of likely N-dealkylation sites (tertiary alicyclic amines) is 1. The van der Waals surface area contributed by atoms with Crippen molar-refractivity contribution in [1.82, 2.24) is 9.80 Å². The highest BCUT2D eigenvalue weighted by molar-refractivity contribution is 6.02. The van der Waals surface area contributed by atoms with Gasteiger partial charge in [0.2, 0.25) is 0 Å². The van der Waals surface area contributed by atoms with Gasteiger partial charge in [-0.25, -0.2) is 9.59 Å². The molecular formula is C22H24N2O5. The molecule has 1 aliphatic rings. The van der Waals surface area contributed by atoms with Crippen LogP contribution in [0.3, 0.4) is 0 Å². The SMILES string of the molecule is Cc1c(C(=O)O)ccc(-c2ccc(C(=O)N3CC[C@H](N(C)C)C3)cc2)c1C(=O)O. The van der Waals surface area contributed by atoms with Crippen LogP contribution in [0.25, 0.3) is 11.1 Å². The van der Waals surface area contributed by atoms with Gasteiger partial charge in [0.1, 0.15) is 0 Å². The second kappa shape index (κ2) is 8.05. The van der Waals surface area contributed by atoms with E-state index in [2.05, 4.69) is 4.90 Å². The zero-order valence-corrected chi connectivity index (χ0v) is 16.7. The maximum absolute atomic E-state index is 12.8. The highest BCUT2D eigenvalue weighted by Crippen LogP contribution is 2.29. The van der Waals surface area contributed by atoms with Crippen molar-refractivity contribution < 1.29 is 24.6 Å². The van der Waals surface area contributed by atoms with Crippen molar-refractivity contribution in [2.45, 2.75) is 19.4 Å². The Morgan fingerprint density at radius 2 is 1.66 bits per heavy atom. The molecular weight excluding hydrogens is 372 g/mol. The molecule has 0 radical (unpaired) electrons. The van der Waals surface area contributed by atoms with Crippen molar-refractivity contribution in [1.29, 1.82) is 0 Å². The molecule has 0 aliphatic carbocycles. The van der Waals surface area contributed by atoms with Gasteiger partial charge in [-0.2, -0.15) is 0 Å². The van der Waals surface area contributed by atoms with Crippen molar-refractivity contribution in [2.24, 2.45) is 0 Å². The van der Waals surface area contributed by atoms with Gasteiger partial charge in [0.15, 0.2) is 0 Å². The van der Waals surface area contributed by atoms with Gasteiger partial charge in [0.05, 0.1) is 11.1 Å². The van der Waals surface area contributed by atoms with Crippen LogP contribution in [-0.4, -0.2) is 71.1 Å². The Bertz CT molecular complexity index is 966. The van der Waals surface area contributed by atoms with Gasteiger partial charge in [-0.15, -0.1) is 0 Å². The Balaban J connectivity index is 1.89. The molecule has 0 aromatic heterocycles. The maximum atomic E-state index is 12.8. The summed E-state index contributed by atoms with van der Waals surface area (Å²) in [5.41, 5.74) is 1.71. The second-order valence-corrected chi connectivity index (χ2v) is 7.51. The van der Waals surface area contributed by atoms with E-state index in [-0.39, 0.29) is 22.6 Å². The summed E-state index contributed by atoms with van der Waals surface area (Å²) in [6, 6.07) is 10.0. The molecule has 0 spiro atoms. The lowest BCUT2D eigenvalue weighted by atomic mass is 9.92. The molecule has 3 rings (SSSR count). The Labute approximate surface area is 169 Å². The first-order valence-corrected chi connectivity index (χ1v) is 9.37. The summed E-state index contributed by atoms with van der Waals surface area (Å²) in [4.78, 5) is 39.8. The lowest BCUT2D eigenvalue weighted by molar-refractivity contribution is 0.0695. The predicted molar refractivity (Wildman–Crippen MR) is 109 cm³/mol. The third-order valence-corrected chi connectivity index (χ3v) is 5.53. The van der Waals surface area contributed by atoms with E-state index < -0.39 is 11.9 Å². The smallest absolute Gasteiger partial charge is 0.336 e. The number of benzene rings is 2. The maximum Gasteiger partial charge on any atom is 0.336 e. The van der Waals surface area contributed by atoms with E-state index in [1.807, 2.05) is 19.0 Å². The average Bonchev–Trinajstić information content (AvgIpc) is 3.17. The van der Waals surface area contributed by atoms with Gasteiger partial charge in [0, 0.05) is 24.7 Å². The number of nitrogens with zero attached hydrogens (tertiary/aromatic N) is 2. The minimum absolute atomic E-state index is 0.0394. The zero-order chi connectivity index (χ0) is 21.3. The second-order valence-electron chi connectivity index (χ2n) is 7.51. The molecule has 1 fully saturated rings. The van der Waals surface area contributed by atoms with Crippen molar-refractivity contribution in [3.63, 3.8) is 0 Å². The molecule has 2 N–H and O–H groups in total.